The Bertz CT molecular complexity index is 572. The van der Waals surface area contributed by atoms with Crippen LogP contribution in [0.5, 0.6) is 5.75 Å². The molecule has 0 spiro atoms. The van der Waals surface area contributed by atoms with Gasteiger partial charge in [0.15, 0.2) is 5.15 Å². The van der Waals surface area contributed by atoms with Crippen LogP contribution in [0.1, 0.15) is 18.3 Å². The van der Waals surface area contributed by atoms with Crippen LogP contribution in [-0.2, 0) is 0 Å². The average Bonchev–Trinajstić information content (AvgIpc) is 2.32. The molecule has 0 saturated carbocycles. The molecular formula is C13H14ClN3O. The van der Waals surface area contributed by atoms with Crippen molar-refractivity contribution in [3.63, 3.8) is 0 Å². The van der Waals surface area contributed by atoms with Crippen LogP contribution in [0.4, 0.5) is 0 Å². The third kappa shape index (κ3) is 2.59. The SMILES string of the molecule is CCOc1ccc(-c2nnc(C)nc2Cl)cc1C. The van der Waals surface area contributed by atoms with Crippen molar-refractivity contribution < 1.29 is 4.74 Å². The smallest absolute Gasteiger partial charge is 0.159 e. The average molecular weight is 264 g/mol. The zero-order valence-corrected chi connectivity index (χ0v) is 11.3. The molecule has 0 saturated heterocycles. The molecule has 2 rings (SSSR count). The molecule has 0 N–H and O–H groups in total. The minimum Gasteiger partial charge on any atom is -0.494 e. The Labute approximate surface area is 111 Å². The van der Waals surface area contributed by atoms with Gasteiger partial charge in [-0.1, -0.05) is 11.6 Å². The molecule has 5 heteroatoms. The first kappa shape index (κ1) is 12.8. The lowest BCUT2D eigenvalue weighted by Gasteiger charge is -2.09. The van der Waals surface area contributed by atoms with E-state index in [2.05, 4.69) is 15.2 Å². The number of halogens is 1. The monoisotopic (exact) mass is 263 g/mol. The normalized spacial score (nSPS) is 10.4. The van der Waals surface area contributed by atoms with Gasteiger partial charge in [-0.05, 0) is 44.5 Å². The molecule has 0 fully saturated rings. The summed E-state index contributed by atoms with van der Waals surface area (Å²) < 4.78 is 5.49. The van der Waals surface area contributed by atoms with E-state index < -0.39 is 0 Å². The summed E-state index contributed by atoms with van der Waals surface area (Å²) in [5.74, 6) is 1.43. The predicted molar refractivity (Wildman–Crippen MR) is 70.9 cm³/mol. The van der Waals surface area contributed by atoms with Gasteiger partial charge < -0.3 is 4.74 Å². The predicted octanol–water partition coefficient (Wildman–Crippen LogP) is 3.21. The van der Waals surface area contributed by atoms with Gasteiger partial charge in [-0.2, -0.15) is 0 Å². The number of aryl methyl sites for hydroxylation is 2. The van der Waals surface area contributed by atoms with E-state index in [1.54, 1.807) is 6.92 Å². The van der Waals surface area contributed by atoms with Crippen molar-refractivity contribution in [2.75, 3.05) is 6.61 Å². The largest absolute Gasteiger partial charge is 0.494 e. The third-order valence-corrected chi connectivity index (χ3v) is 2.76. The first-order chi connectivity index (χ1) is 8.61. The Morgan fingerprint density at radius 2 is 2.00 bits per heavy atom. The maximum atomic E-state index is 6.07. The molecule has 0 unspecified atom stereocenters. The van der Waals surface area contributed by atoms with Gasteiger partial charge in [-0.15, -0.1) is 10.2 Å². The standard InChI is InChI=1S/C13H14ClN3O/c1-4-18-11-6-5-10(7-8(11)2)12-13(14)15-9(3)16-17-12/h5-7H,4H2,1-3H3. The quantitative estimate of drug-likeness (QED) is 0.853. The molecule has 0 aliphatic carbocycles. The fourth-order valence-corrected chi connectivity index (χ4v) is 1.94. The first-order valence-electron chi connectivity index (χ1n) is 5.72. The van der Waals surface area contributed by atoms with Crippen LogP contribution in [0.25, 0.3) is 11.3 Å². The molecule has 1 aromatic carbocycles. The van der Waals surface area contributed by atoms with E-state index >= 15 is 0 Å². The lowest BCUT2D eigenvalue weighted by atomic mass is 10.1. The Morgan fingerprint density at radius 1 is 1.22 bits per heavy atom. The minimum atomic E-state index is 0.367. The highest BCUT2D eigenvalue weighted by Crippen LogP contribution is 2.28. The number of hydrogen-bond donors (Lipinski definition) is 0. The molecule has 18 heavy (non-hydrogen) atoms. The Kier molecular flexibility index (Phi) is 3.77. The summed E-state index contributed by atoms with van der Waals surface area (Å²) in [5, 5.41) is 8.37. The molecule has 0 amide bonds. The molecule has 2 aromatic rings. The van der Waals surface area contributed by atoms with E-state index in [0.29, 0.717) is 23.3 Å². The van der Waals surface area contributed by atoms with Gasteiger partial charge in [0.25, 0.3) is 0 Å². The number of benzene rings is 1. The van der Waals surface area contributed by atoms with Gasteiger partial charge in [-0.3, -0.25) is 0 Å². The summed E-state index contributed by atoms with van der Waals surface area (Å²) in [6.07, 6.45) is 0. The van der Waals surface area contributed by atoms with Gasteiger partial charge in [0.2, 0.25) is 0 Å². The van der Waals surface area contributed by atoms with Crippen molar-refractivity contribution in [2.24, 2.45) is 0 Å². The van der Waals surface area contributed by atoms with Crippen molar-refractivity contribution in [2.45, 2.75) is 20.8 Å². The zero-order valence-electron chi connectivity index (χ0n) is 10.6. The Morgan fingerprint density at radius 3 is 2.61 bits per heavy atom. The maximum Gasteiger partial charge on any atom is 0.159 e. The van der Waals surface area contributed by atoms with E-state index in [0.717, 1.165) is 16.9 Å². The van der Waals surface area contributed by atoms with E-state index in [1.807, 2.05) is 32.0 Å². The number of rotatable bonds is 3. The van der Waals surface area contributed by atoms with Crippen molar-refractivity contribution in [1.29, 1.82) is 0 Å². The lowest BCUT2D eigenvalue weighted by Crippen LogP contribution is -1.98. The molecular weight excluding hydrogens is 250 g/mol. The van der Waals surface area contributed by atoms with E-state index in [4.69, 9.17) is 16.3 Å². The second kappa shape index (κ2) is 5.31. The first-order valence-corrected chi connectivity index (χ1v) is 6.10. The molecule has 0 aliphatic heterocycles. The Balaban J connectivity index is 2.42. The number of aromatic nitrogens is 3. The van der Waals surface area contributed by atoms with Gasteiger partial charge in [0.1, 0.15) is 17.3 Å². The summed E-state index contributed by atoms with van der Waals surface area (Å²) in [6.45, 7) is 6.34. The lowest BCUT2D eigenvalue weighted by molar-refractivity contribution is 0.338. The van der Waals surface area contributed by atoms with Crippen molar-refractivity contribution in [1.82, 2.24) is 15.2 Å². The van der Waals surface area contributed by atoms with E-state index in [1.165, 1.54) is 0 Å². The second-order valence-corrected chi connectivity index (χ2v) is 4.27. The molecule has 0 aliphatic rings. The van der Waals surface area contributed by atoms with Crippen LogP contribution in [0, 0.1) is 13.8 Å². The van der Waals surface area contributed by atoms with E-state index in [9.17, 15) is 0 Å². The summed E-state index contributed by atoms with van der Waals surface area (Å²) in [6, 6.07) is 5.79. The Hall–Kier alpha value is -1.68. The summed E-state index contributed by atoms with van der Waals surface area (Å²) in [5.41, 5.74) is 2.52. The van der Waals surface area contributed by atoms with Crippen LogP contribution >= 0.6 is 11.6 Å². The van der Waals surface area contributed by atoms with Crippen LogP contribution in [0.3, 0.4) is 0 Å². The molecule has 0 atom stereocenters. The van der Waals surface area contributed by atoms with Gasteiger partial charge >= 0.3 is 0 Å². The minimum absolute atomic E-state index is 0.367. The second-order valence-electron chi connectivity index (χ2n) is 3.91. The molecule has 1 heterocycles. The van der Waals surface area contributed by atoms with Gasteiger partial charge in [-0.25, -0.2) is 4.98 Å². The highest BCUT2D eigenvalue weighted by Gasteiger charge is 2.10. The fourth-order valence-electron chi connectivity index (χ4n) is 1.67. The number of nitrogens with zero attached hydrogens (tertiary/aromatic N) is 3. The third-order valence-electron chi connectivity index (χ3n) is 2.50. The van der Waals surface area contributed by atoms with Crippen LogP contribution in [0.15, 0.2) is 18.2 Å². The molecule has 4 nitrogen and oxygen atoms in total. The molecule has 0 radical (unpaired) electrons. The van der Waals surface area contributed by atoms with E-state index in [-0.39, 0.29) is 0 Å². The number of ether oxygens (including phenoxy) is 1. The van der Waals surface area contributed by atoms with Gasteiger partial charge in [0, 0.05) is 5.56 Å². The van der Waals surface area contributed by atoms with Crippen molar-refractivity contribution in [3.05, 3.63) is 34.7 Å². The summed E-state index contributed by atoms with van der Waals surface area (Å²) in [4.78, 5) is 4.10. The molecule has 0 bridgehead atoms. The fraction of sp³-hybridized carbons (Fsp3) is 0.308. The van der Waals surface area contributed by atoms with Crippen LogP contribution in [-0.4, -0.2) is 21.8 Å². The maximum absolute atomic E-state index is 6.07. The van der Waals surface area contributed by atoms with Crippen molar-refractivity contribution in [3.8, 4) is 17.0 Å². The van der Waals surface area contributed by atoms with Crippen LogP contribution in [0.2, 0.25) is 5.15 Å². The molecule has 1 aromatic heterocycles. The van der Waals surface area contributed by atoms with Gasteiger partial charge in [0.05, 0.1) is 6.61 Å². The zero-order chi connectivity index (χ0) is 13.1. The topological polar surface area (TPSA) is 47.9 Å². The summed E-state index contributed by atoms with van der Waals surface area (Å²) >= 11 is 6.07. The van der Waals surface area contributed by atoms with Crippen LogP contribution < -0.4 is 4.74 Å². The highest BCUT2D eigenvalue weighted by atomic mass is 35.5. The van der Waals surface area contributed by atoms with Crippen molar-refractivity contribution >= 4 is 11.6 Å². The summed E-state index contributed by atoms with van der Waals surface area (Å²) in [7, 11) is 0. The number of hydrogen-bond acceptors (Lipinski definition) is 4. The highest BCUT2D eigenvalue weighted by molar-refractivity contribution is 6.31. The molecule has 94 valence electrons.